The molecule has 1 saturated heterocycles. The Kier molecular flexibility index (Phi) is 7.27. The zero-order valence-electron chi connectivity index (χ0n) is 17.7. The first-order valence-corrected chi connectivity index (χ1v) is 10.3. The number of carbonyl (C=O) groups is 1. The number of likely N-dealkylation sites (tertiary alicyclic amines) is 1. The molecule has 13 heteroatoms. The average molecular weight is 497 g/mol. The van der Waals surface area contributed by atoms with Crippen LogP contribution in [0.5, 0.6) is 0 Å². The van der Waals surface area contributed by atoms with Crippen LogP contribution in [0.2, 0.25) is 0 Å². The van der Waals surface area contributed by atoms with Gasteiger partial charge in [-0.2, -0.15) is 26.3 Å². The van der Waals surface area contributed by atoms with Crippen molar-refractivity contribution in [3.05, 3.63) is 41.5 Å². The normalized spacial score (nSPS) is 20.1. The van der Waals surface area contributed by atoms with Crippen LogP contribution in [0.4, 0.5) is 30.7 Å². The molecule has 1 unspecified atom stereocenters. The number of hydrogen-bond acceptors (Lipinski definition) is 5. The van der Waals surface area contributed by atoms with E-state index in [1.807, 2.05) is 0 Å². The molecule has 1 aromatic heterocycles. The molecule has 0 radical (unpaired) electrons. The van der Waals surface area contributed by atoms with Gasteiger partial charge in [0.1, 0.15) is 12.1 Å². The van der Waals surface area contributed by atoms with Crippen LogP contribution in [-0.2, 0) is 17.5 Å². The number of benzene rings is 1. The monoisotopic (exact) mass is 497 g/mol. The number of carboxylic acid groups (broad SMARTS) is 1. The van der Waals surface area contributed by atoms with Crippen LogP contribution >= 0.6 is 0 Å². The minimum absolute atomic E-state index is 0.0587. The van der Waals surface area contributed by atoms with E-state index in [-0.39, 0.29) is 11.5 Å². The maximum atomic E-state index is 13.5. The predicted octanol–water partition coefficient (Wildman–Crippen LogP) is 4.69. The molecule has 2 fully saturated rings. The maximum Gasteiger partial charge on any atom is 0.490 e. The second kappa shape index (κ2) is 9.53. The van der Waals surface area contributed by atoms with E-state index < -0.39 is 29.7 Å². The fraction of sp³-hybridized carbons (Fsp3) is 0.524. The van der Waals surface area contributed by atoms with Crippen LogP contribution in [-0.4, -0.2) is 46.8 Å². The first-order valence-electron chi connectivity index (χ1n) is 10.3. The smallest absolute Gasteiger partial charge is 0.475 e. The Hall–Kier alpha value is -2.67. The number of hydrogen-bond donors (Lipinski definition) is 2. The van der Waals surface area contributed by atoms with Crippen molar-refractivity contribution in [1.82, 2.24) is 9.88 Å². The molecule has 4 rings (SSSR count). The molecular weight excluding hydrogens is 475 g/mol. The van der Waals surface area contributed by atoms with Gasteiger partial charge in [0.25, 0.3) is 0 Å². The van der Waals surface area contributed by atoms with Gasteiger partial charge in [-0.25, -0.2) is 14.2 Å². The van der Waals surface area contributed by atoms with Gasteiger partial charge in [0.05, 0.1) is 11.3 Å². The lowest BCUT2D eigenvalue weighted by molar-refractivity contribution is -0.192. The van der Waals surface area contributed by atoms with Gasteiger partial charge < -0.3 is 15.3 Å². The molecule has 3 N–H and O–H groups in total. The number of nitrogens with two attached hydrogens (primary N) is 1. The van der Waals surface area contributed by atoms with Gasteiger partial charge in [-0.05, 0) is 48.9 Å². The number of aromatic nitrogens is 1. The summed E-state index contributed by atoms with van der Waals surface area (Å²) in [5.41, 5.74) is 5.68. The molecule has 2 aliphatic rings. The summed E-state index contributed by atoms with van der Waals surface area (Å²) in [4.78, 5) is 15.5. The highest BCUT2D eigenvalue weighted by Crippen LogP contribution is 2.51. The van der Waals surface area contributed by atoms with Crippen LogP contribution < -0.4 is 5.73 Å². The topological polar surface area (TPSA) is 92.6 Å². The summed E-state index contributed by atoms with van der Waals surface area (Å²) in [6, 6.07) is 2.76. The highest BCUT2D eigenvalue weighted by molar-refractivity contribution is 5.73. The van der Waals surface area contributed by atoms with Gasteiger partial charge in [0.15, 0.2) is 0 Å². The number of aliphatic carboxylic acids is 1. The summed E-state index contributed by atoms with van der Waals surface area (Å²) < 4.78 is 89.2. The third-order valence-electron chi connectivity index (χ3n) is 6.22. The van der Waals surface area contributed by atoms with E-state index in [2.05, 4.69) is 9.88 Å². The second-order valence-electron chi connectivity index (χ2n) is 8.46. The first kappa shape index (κ1) is 25.9. The fourth-order valence-electron chi connectivity index (χ4n) is 4.40. The van der Waals surface area contributed by atoms with Crippen molar-refractivity contribution < 1.29 is 45.1 Å². The molecule has 1 aromatic carbocycles. The van der Waals surface area contributed by atoms with Gasteiger partial charge in [-0.1, -0.05) is 6.42 Å². The minimum Gasteiger partial charge on any atom is -0.475 e. The van der Waals surface area contributed by atoms with Crippen molar-refractivity contribution in [3.8, 4) is 11.5 Å². The van der Waals surface area contributed by atoms with E-state index in [9.17, 15) is 30.7 Å². The zero-order chi connectivity index (χ0) is 25.3. The molecule has 0 amide bonds. The Labute approximate surface area is 189 Å². The number of nitrogens with zero attached hydrogens (tertiary/aromatic N) is 2. The Morgan fingerprint density at radius 1 is 1.24 bits per heavy atom. The zero-order valence-corrected chi connectivity index (χ0v) is 17.7. The van der Waals surface area contributed by atoms with E-state index in [1.54, 1.807) is 0 Å². The van der Waals surface area contributed by atoms with Crippen LogP contribution in [0.25, 0.3) is 11.5 Å². The summed E-state index contributed by atoms with van der Waals surface area (Å²) in [5, 5.41) is 7.12. The molecule has 6 nitrogen and oxygen atoms in total. The van der Waals surface area contributed by atoms with Crippen molar-refractivity contribution in [3.63, 3.8) is 0 Å². The second-order valence-corrected chi connectivity index (χ2v) is 8.46. The van der Waals surface area contributed by atoms with Crippen LogP contribution in [0.3, 0.4) is 0 Å². The van der Waals surface area contributed by atoms with Crippen molar-refractivity contribution in [2.75, 3.05) is 19.6 Å². The molecule has 0 bridgehead atoms. The van der Waals surface area contributed by atoms with E-state index in [1.165, 1.54) is 31.6 Å². The van der Waals surface area contributed by atoms with Gasteiger partial charge in [-0.15, -0.1) is 0 Å². The summed E-state index contributed by atoms with van der Waals surface area (Å²) >= 11 is 0. The van der Waals surface area contributed by atoms with E-state index >= 15 is 0 Å². The molecular formula is C21H22F7N3O3. The van der Waals surface area contributed by atoms with Gasteiger partial charge in [0, 0.05) is 25.2 Å². The molecule has 1 atom stereocenters. The number of rotatable bonds is 4. The Morgan fingerprint density at radius 2 is 1.88 bits per heavy atom. The van der Waals surface area contributed by atoms with E-state index in [4.69, 9.17) is 20.1 Å². The Bertz CT molecular complexity index is 1020. The molecule has 2 aromatic rings. The number of alkyl halides is 6. The number of oxazole rings is 1. The highest BCUT2D eigenvalue weighted by Gasteiger charge is 2.49. The van der Waals surface area contributed by atoms with Crippen molar-refractivity contribution >= 4 is 5.97 Å². The lowest BCUT2D eigenvalue weighted by Gasteiger charge is -2.42. The molecule has 1 saturated carbocycles. The third-order valence-corrected chi connectivity index (χ3v) is 6.22. The fourth-order valence-corrected chi connectivity index (χ4v) is 4.40. The molecule has 2 heterocycles. The maximum absolute atomic E-state index is 13.5. The number of carboxylic acids is 1. The van der Waals surface area contributed by atoms with Crippen LogP contribution in [0, 0.1) is 17.2 Å². The predicted molar refractivity (Wildman–Crippen MR) is 105 cm³/mol. The first-order chi connectivity index (χ1) is 15.7. The van der Waals surface area contributed by atoms with Gasteiger partial charge in [-0.3, -0.25) is 4.90 Å². The lowest BCUT2D eigenvalue weighted by atomic mass is 9.63. The molecule has 1 aliphatic heterocycles. The Balaban J connectivity index is 0.000000406. The summed E-state index contributed by atoms with van der Waals surface area (Å²) in [6.45, 7) is 3.09. The van der Waals surface area contributed by atoms with E-state index in [0.29, 0.717) is 30.1 Å². The molecule has 188 valence electrons. The lowest BCUT2D eigenvalue weighted by Crippen LogP contribution is -2.40. The standard InChI is InChI=1S/C19H21F4N3O.C2HF3O2/c20-16-3-2-12(6-15(16)19(21,22)23)17-25-14(10-27-17)9-26-8-13(7-24)18(11-26)4-1-5-18;3-2(4,5)1(6)7/h2-3,6,10,13H,1,4-5,7-9,11,24H2;(H,6,7). The number of halogens is 7. The quantitative estimate of drug-likeness (QED) is 0.596. The van der Waals surface area contributed by atoms with Crippen molar-refractivity contribution in [2.24, 2.45) is 17.1 Å². The van der Waals surface area contributed by atoms with Gasteiger partial charge in [0.2, 0.25) is 5.89 Å². The van der Waals surface area contributed by atoms with E-state index in [0.717, 1.165) is 25.2 Å². The molecule has 34 heavy (non-hydrogen) atoms. The van der Waals surface area contributed by atoms with Crippen LogP contribution in [0.15, 0.2) is 28.9 Å². The summed E-state index contributed by atoms with van der Waals surface area (Å²) in [5.74, 6) is -3.53. The average Bonchev–Trinajstić information content (AvgIpc) is 3.32. The van der Waals surface area contributed by atoms with Crippen molar-refractivity contribution in [2.45, 2.75) is 38.2 Å². The van der Waals surface area contributed by atoms with Crippen LogP contribution in [0.1, 0.15) is 30.5 Å². The SMILES string of the molecule is NCC1CN(Cc2coc(-c3ccc(F)c(C(F)(F)F)c3)n2)CC12CCC2.O=C(O)C(F)(F)F. The summed E-state index contributed by atoms with van der Waals surface area (Å²) in [7, 11) is 0. The molecule has 1 spiro atoms. The minimum atomic E-state index is -5.08. The van der Waals surface area contributed by atoms with Gasteiger partial charge >= 0.3 is 18.3 Å². The summed E-state index contributed by atoms with van der Waals surface area (Å²) in [6.07, 6.45) is -4.75. The highest BCUT2D eigenvalue weighted by atomic mass is 19.4. The molecule has 1 aliphatic carbocycles. The largest absolute Gasteiger partial charge is 0.490 e. The Morgan fingerprint density at radius 3 is 2.35 bits per heavy atom. The van der Waals surface area contributed by atoms with Crippen molar-refractivity contribution in [1.29, 1.82) is 0 Å². The third kappa shape index (κ3) is 5.69.